The maximum Gasteiger partial charge on any atom is 0.307 e. The van der Waals surface area contributed by atoms with E-state index < -0.39 is 11.9 Å². The Kier molecular flexibility index (Phi) is 13.3. The molecule has 0 aliphatic heterocycles. The van der Waals surface area contributed by atoms with Gasteiger partial charge in [-0.05, 0) is 37.5 Å². The molecule has 2 saturated carbocycles. The quantitative estimate of drug-likeness (QED) is 0.212. The van der Waals surface area contributed by atoms with Crippen molar-refractivity contribution in [2.75, 3.05) is 6.54 Å². The zero-order valence-electron chi connectivity index (χ0n) is 20.2. The summed E-state index contributed by atoms with van der Waals surface area (Å²) in [6.45, 7) is 2.98. The van der Waals surface area contributed by atoms with Gasteiger partial charge in [0.1, 0.15) is 0 Å². The van der Waals surface area contributed by atoms with Crippen LogP contribution in [0.4, 0.5) is 0 Å². The van der Waals surface area contributed by atoms with Crippen LogP contribution in [0.3, 0.4) is 0 Å². The fourth-order valence-corrected chi connectivity index (χ4v) is 6.03. The molecule has 180 valence electrons. The van der Waals surface area contributed by atoms with E-state index in [-0.39, 0.29) is 17.7 Å². The number of unbranched alkanes of at least 4 members (excludes halogenated alkanes) is 15. The lowest BCUT2D eigenvalue weighted by Crippen LogP contribution is -2.41. The first-order chi connectivity index (χ1) is 15.1. The zero-order chi connectivity index (χ0) is 22.3. The third-order valence-electron chi connectivity index (χ3n) is 7.83. The number of amides is 1. The van der Waals surface area contributed by atoms with Crippen LogP contribution in [0.2, 0.25) is 0 Å². The molecule has 2 N–H and O–H groups in total. The molecule has 2 rings (SSSR count). The van der Waals surface area contributed by atoms with E-state index in [0.29, 0.717) is 12.5 Å². The lowest BCUT2D eigenvalue weighted by molar-refractivity contribution is -0.149. The summed E-state index contributed by atoms with van der Waals surface area (Å²) in [5.74, 6) is -0.956. The van der Waals surface area contributed by atoms with Crippen LogP contribution >= 0.6 is 0 Å². The van der Waals surface area contributed by atoms with Crippen LogP contribution in [0.5, 0.6) is 0 Å². The predicted octanol–water partition coefficient (Wildman–Crippen LogP) is 7.11. The summed E-state index contributed by atoms with van der Waals surface area (Å²) < 4.78 is 0. The van der Waals surface area contributed by atoms with Crippen molar-refractivity contribution in [3.05, 3.63) is 0 Å². The molecular weight excluding hydrogens is 386 g/mol. The summed E-state index contributed by atoms with van der Waals surface area (Å²) in [7, 11) is 0. The summed E-state index contributed by atoms with van der Waals surface area (Å²) in [4.78, 5) is 24.1. The van der Waals surface area contributed by atoms with Crippen molar-refractivity contribution in [3.63, 3.8) is 0 Å². The lowest BCUT2D eigenvalue weighted by Gasteiger charge is -2.27. The molecule has 2 fully saturated rings. The third-order valence-corrected chi connectivity index (χ3v) is 7.83. The van der Waals surface area contributed by atoms with Gasteiger partial charge in [-0.15, -0.1) is 0 Å². The second-order valence-corrected chi connectivity index (χ2v) is 10.3. The maximum atomic E-state index is 12.5. The van der Waals surface area contributed by atoms with Gasteiger partial charge in [-0.25, -0.2) is 0 Å². The number of rotatable bonds is 19. The summed E-state index contributed by atoms with van der Waals surface area (Å²) in [6, 6.07) is 0. The van der Waals surface area contributed by atoms with Crippen LogP contribution in [-0.4, -0.2) is 23.5 Å². The minimum absolute atomic E-state index is 0.000518. The van der Waals surface area contributed by atoms with Crippen molar-refractivity contribution in [3.8, 4) is 0 Å². The van der Waals surface area contributed by atoms with Crippen LogP contribution < -0.4 is 5.32 Å². The minimum atomic E-state index is -0.769. The van der Waals surface area contributed by atoms with E-state index in [1.165, 1.54) is 89.9 Å². The number of carboxylic acid groups (broad SMARTS) is 1. The monoisotopic (exact) mass is 435 g/mol. The Morgan fingerprint density at radius 1 is 0.677 bits per heavy atom. The van der Waals surface area contributed by atoms with Crippen molar-refractivity contribution >= 4 is 11.9 Å². The highest BCUT2D eigenvalue weighted by atomic mass is 16.4. The van der Waals surface area contributed by atoms with Crippen LogP contribution in [0, 0.1) is 23.7 Å². The van der Waals surface area contributed by atoms with E-state index >= 15 is 0 Å². The van der Waals surface area contributed by atoms with E-state index in [2.05, 4.69) is 12.2 Å². The SMILES string of the molecule is CCCCCCCCCCCCCCCCCCNC(=O)C1C2CCC(C2)C1C(=O)O. The molecule has 2 bridgehead atoms. The molecule has 1 amide bonds. The predicted molar refractivity (Wildman–Crippen MR) is 128 cm³/mol. The molecule has 0 heterocycles. The molecular formula is C27H49NO3. The number of carbonyl (C=O) groups is 2. The number of carbonyl (C=O) groups excluding carboxylic acids is 1. The van der Waals surface area contributed by atoms with E-state index in [9.17, 15) is 14.7 Å². The molecule has 2 aliphatic rings. The van der Waals surface area contributed by atoms with Crippen molar-refractivity contribution in [2.45, 2.75) is 129 Å². The summed E-state index contributed by atoms with van der Waals surface area (Å²) in [5, 5.41) is 12.5. The largest absolute Gasteiger partial charge is 0.481 e. The number of fused-ring (bicyclic) bond motifs is 2. The summed E-state index contributed by atoms with van der Waals surface area (Å²) in [5.41, 5.74) is 0. The van der Waals surface area contributed by atoms with Crippen molar-refractivity contribution in [2.24, 2.45) is 23.7 Å². The van der Waals surface area contributed by atoms with Gasteiger partial charge in [-0.2, -0.15) is 0 Å². The number of hydrogen-bond acceptors (Lipinski definition) is 2. The first-order valence-electron chi connectivity index (χ1n) is 13.7. The molecule has 0 spiro atoms. The number of carboxylic acids is 1. The Morgan fingerprint density at radius 2 is 1.10 bits per heavy atom. The van der Waals surface area contributed by atoms with Gasteiger partial charge in [0.05, 0.1) is 11.8 Å². The number of hydrogen-bond donors (Lipinski definition) is 2. The van der Waals surface area contributed by atoms with Gasteiger partial charge in [0, 0.05) is 6.54 Å². The molecule has 0 aromatic rings. The van der Waals surface area contributed by atoms with Crippen molar-refractivity contribution in [1.29, 1.82) is 0 Å². The smallest absolute Gasteiger partial charge is 0.307 e. The lowest BCUT2D eigenvalue weighted by atomic mass is 9.78. The Hall–Kier alpha value is -1.06. The Morgan fingerprint density at radius 3 is 1.55 bits per heavy atom. The fourth-order valence-electron chi connectivity index (χ4n) is 6.03. The Bertz CT molecular complexity index is 507. The van der Waals surface area contributed by atoms with E-state index in [4.69, 9.17) is 0 Å². The van der Waals surface area contributed by atoms with Crippen LogP contribution in [0.25, 0.3) is 0 Å². The second kappa shape index (κ2) is 15.7. The molecule has 0 aromatic carbocycles. The molecule has 4 heteroatoms. The second-order valence-electron chi connectivity index (χ2n) is 10.3. The highest BCUT2D eigenvalue weighted by Gasteiger charge is 2.53. The topological polar surface area (TPSA) is 66.4 Å². The molecule has 4 nitrogen and oxygen atoms in total. The Labute approximate surface area is 191 Å². The normalized spacial score (nSPS) is 24.5. The average molecular weight is 436 g/mol. The maximum absolute atomic E-state index is 12.5. The average Bonchev–Trinajstić information content (AvgIpc) is 3.37. The van der Waals surface area contributed by atoms with Gasteiger partial charge in [0.25, 0.3) is 0 Å². The van der Waals surface area contributed by atoms with E-state index in [1.807, 2.05) is 0 Å². The van der Waals surface area contributed by atoms with Gasteiger partial charge in [-0.1, -0.05) is 103 Å². The first kappa shape index (κ1) is 26.2. The Balaban J connectivity index is 1.35. The molecule has 4 unspecified atom stereocenters. The van der Waals surface area contributed by atoms with Crippen LogP contribution in [0.1, 0.15) is 129 Å². The fraction of sp³-hybridized carbons (Fsp3) is 0.926. The number of nitrogens with one attached hydrogen (secondary N) is 1. The molecule has 31 heavy (non-hydrogen) atoms. The van der Waals surface area contributed by atoms with Gasteiger partial charge in [0.15, 0.2) is 0 Å². The highest BCUT2D eigenvalue weighted by molar-refractivity contribution is 5.86. The number of aliphatic carboxylic acids is 1. The summed E-state index contributed by atoms with van der Waals surface area (Å²) >= 11 is 0. The summed E-state index contributed by atoms with van der Waals surface area (Å²) in [6.07, 6.45) is 24.5. The molecule has 4 atom stereocenters. The van der Waals surface area contributed by atoms with Gasteiger partial charge < -0.3 is 10.4 Å². The van der Waals surface area contributed by atoms with Crippen molar-refractivity contribution in [1.82, 2.24) is 5.32 Å². The molecule has 0 aromatic heterocycles. The highest BCUT2D eigenvalue weighted by Crippen LogP contribution is 2.52. The molecule has 0 radical (unpaired) electrons. The van der Waals surface area contributed by atoms with E-state index in [1.54, 1.807) is 0 Å². The van der Waals surface area contributed by atoms with E-state index in [0.717, 1.165) is 32.1 Å². The zero-order valence-corrected chi connectivity index (χ0v) is 20.2. The van der Waals surface area contributed by atoms with Crippen molar-refractivity contribution < 1.29 is 14.7 Å². The third kappa shape index (κ3) is 9.53. The molecule has 2 aliphatic carbocycles. The van der Waals surface area contributed by atoms with Gasteiger partial charge >= 0.3 is 5.97 Å². The minimum Gasteiger partial charge on any atom is -0.481 e. The standard InChI is InChI=1S/C27H49NO3/c1-2-3-4-5-6-7-8-9-10-11-12-13-14-15-16-17-20-28-26(29)24-22-18-19-23(21-22)25(24)27(30)31/h22-25H,2-21H2,1H3,(H,28,29)(H,30,31). The van der Waals surface area contributed by atoms with Gasteiger partial charge in [0.2, 0.25) is 5.91 Å². The van der Waals surface area contributed by atoms with Crippen LogP contribution in [0.15, 0.2) is 0 Å². The molecule has 0 saturated heterocycles. The van der Waals surface area contributed by atoms with Crippen LogP contribution in [-0.2, 0) is 9.59 Å². The van der Waals surface area contributed by atoms with Gasteiger partial charge in [-0.3, -0.25) is 9.59 Å². The first-order valence-corrected chi connectivity index (χ1v) is 13.7.